The minimum absolute atomic E-state index is 0.162. The lowest BCUT2D eigenvalue weighted by atomic mass is 10.1. The Morgan fingerprint density at radius 3 is 2.84 bits per heavy atom. The van der Waals surface area contributed by atoms with Crippen molar-refractivity contribution in [3.05, 3.63) is 52.6 Å². The van der Waals surface area contributed by atoms with Crippen molar-refractivity contribution >= 4 is 23.6 Å². The topological polar surface area (TPSA) is 55.1 Å². The van der Waals surface area contributed by atoms with Crippen molar-refractivity contribution in [1.29, 1.82) is 0 Å². The number of halogens is 2. The van der Waals surface area contributed by atoms with E-state index in [0.717, 1.165) is 6.08 Å². The first-order chi connectivity index (χ1) is 8.99. The van der Waals surface area contributed by atoms with Crippen molar-refractivity contribution in [3.8, 4) is 5.69 Å². The zero-order valence-corrected chi connectivity index (χ0v) is 10.7. The molecule has 0 saturated heterocycles. The number of benzene rings is 1. The SMILES string of the molecule is Cc1nn(-c2c(F)cccc2/C=C/C(=O)O)cc1Cl. The number of hydrogen-bond donors (Lipinski definition) is 1. The quantitative estimate of drug-likeness (QED) is 0.879. The smallest absolute Gasteiger partial charge is 0.328 e. The van der Waals surface area contributed by atoms with E-state index >= 15 is 0 Å². The van der Waals surface area contributed by atoms with Gasteiger partial charge in [-0.2, -0.15) is 5.10 Å². The van der Waals surface area contributed by atoms with Crippen molar-refractivity contribution in [2.45, 2.75) is 6.92 Å². The van der Waals surface area contributed by atoms with E-state index in [1.165, 1.54) is 29.1 Å². The van der Waals surface area contributed by atoms with Crippen LogP contribution in [0.5, 0.6) is 0 Å². The van der Waals surface area contributed by atoms with Crippen LogP contribution in [-0.4, -0.2) is 20.9 Å². The number of carboxylic acid groups (broad SMARTS) is 1. The summed E-state index contributed by atoms with van der Waals surface area (Å²) in [4.78, 5) is 10.5. The molecular formula is C13H10ClFN2O2. The average molecular weight is 281 g/mol. The van der Waals surface area contributed by atoms with Crippen molar-refractivity contribution in [2.24, 2.45) is 0 Å². The normalized spacial score (nSPS) is 11.1. The Bertz CT molecular complexity index is 645. The molecule has 1 aromatic heterocycles. The number of carboxylic acids is 1. The van der Waals surface area contributed by atoms with Crippen LogP contribution in [-0.2, 0) is 4.79 Å². The van der Waals surface area contributed by atoms with Gasteiger partial charge in [-0.25, -0.2) is 13.9 Å². The van der Waals surface area contributed by atoms with E-state index in [1.807, 2.05) is 0 Å². The molecule has 0 saturated carbocycles. The Morgan fingerprint density at radius 1 is 1.53 bits per heavy atom. The molecule has 1 N–H and O–H groups in total. The molecule has 2 aromatic rings. The molecule has 0 bridgehead atoms. The van der Waals surface area contributed by atoms with Gasteiger partial charge in [0.05, 0.1) is 10.7 Å². The van der Waals surface area contributed by atoms with Crippen molar-refractivity contribution in [2.75, 3.05) is 0 Å². The summed E-state index contributed by atoms with van der Waals surface area (Å²) in [6, 6.07) is 4.37. The predicted octanol–water partition coefficient (Wildman–Crippen LogP) is 3.07. The molecule has 0 fully saturated rings. The second-order valence-electron chi connectivity index (χ2n) is 3.86. The average Bonchev–Trinajstić information content (AvgIpc) is 2.66. The maximum absolute atomic E-state index is 13.9. The first kappa shape index (κ1) is 13.3. The largest absolute Gasteiger partial charge is 0.478 e. The monoisotopic (exact) mass is 280 g/mol. The molecule has 0 aliphatic carbocycles. The molecule has 0 aliphatic rings. The molecular weight excluding hydrogens is 271 g/mol. The third kappa shape index (κ3) is 2.82. The summed E-state index contributed by atoms with van der Waals surface area (Å²) in [5.74, 6) is -1.61. The van der Waals surface area contributed by atoms with Gasteiger partial charge >= 0.3 is 5.97 Å². The second-order valence-corrected chi connectivity index (χ2v) is 4.26. The van der Waals surface area contributed by atoms with E-state index in [2.05, 4.69) is 5.10 Å². The number of carbonyl (C=O) groups is 1. The maximum atomic E-state index is 13.9. The van der Waals surface area contributed by atoms with E-state index in [9.17, 15) is 9.18 Å². The summed E-state index contributed by atoms with van der Waals surface area (Å²) in [5, 5.41) is 13.1. The summed E-state index contributed by atoms with van der Waals surface area (Å²) in [5.41, 5.74) is 1.13. The fourth-order valence-electron chi connectivity index (χ4n) is 1.62. The first-order valence-electron chi connectivity index (χ1n) is 5.40. The first-order valence-corrected chi connectivity index (χ1v) is 5.78. The molecule has 0 unspecified atom stereocenters. The standard InChI is InChI=1S/C13H10ClFN2O2/c1-8-10(14)7-17(16-8)13-9(5-6-12(18)19)3-2-4-11(13)15/h2-7H,1H3,(H,18,19)/b6-5+. The van der Waals surface area contributed by atoms with Gasteiger partial charge in [-0.05, 0) is 19.1 Å². The molecule has 0 amide bonds. The molecule has 98 valence electrons. The molecule has 2 rings (SSSR count). The Kier molecular flexibility index (Phi) is 3.66. The van der Waals surface area contributed by atoms with Crippen LogP contribution in [0.25, 0.3) is 11.8 Å². The molecule has 4 nitrogen and oxygen atoms in total. The molecule has 0 radical (unpaired) electrons. The highest BCUT2D eigenvalue weighted by Gasteiger charge is 2.12. The van der Waals surface area contributed by atoms with Crippen molar-refractivity contribution in [1.82, 2.24) is 9.78 Å². The molecule has 19 heavy (non-hydrogen) atoms. The van der Waals surface area contributed by atoms with Gasteiger partial charge in [-0.1, -0.05) is 23.7 Å². The van der Waals surface area contributed by atoms with Crippen LogP contribution in [0.3, 0.4) is 0 Å². The highest BCUT2D eigenvalue weighted by molar-refractivity contribution is 6.31. The Balaban J connectivity index is 2.58. The number of rotatable bonds is 3. The minimum atomic E-state index is -1.11. The number of aromatic nitrogens is 2. The molecule has 0 aliphatic heterocycles. The van der Waals surface area contributed by atoms with Gasteiger partial charge in [0.2, 0.25) is 0 Å². The van der Waals surface area contributed by atoms with Gasteiger partial charge in [0.15, 0.2) is 0 Å². The summed E-state index contributed by atoms with van der Waals surface area (Å²) in [6.45, 7) is 1.70. The van der Waals surface area contributed by atoms with Crippen LogP contribution in [0.4, 0.5) is 4.39 Å². The predicted molar refractivity (Wildman–Crippen MR) is 69.9 cm³/mol. The van der Waals surface area contributed by atoms with Crippen LogP contribution in [0.2, 0.25) is 5.02 Å². The maximum Gasteiger partial charge on any atom is 0.328 e. The highest BCUT2D eigenvalue weighted by Crippen LogP contribution is 2.22. The van der Waals surface area contributed by atoms with Gasteiger partial charge in [-0.15, -0.1) is 0 Å². The molecule has 1 aromatic carbocycles. The molecule has 6 heteroatoms. The van der Waals surface area contributed by atoms with Crippen molar-refractivity contribution in [3.63, 3.8) is 0 Å². The molecule has 0 spiro atoms. The minimum Gasteiger partial charge on any atom is -0.478 e. The summed E-state index contributed by atoms with van der Waals surface area (Å²) in [6.07, 6.45) is 3.73. The Morgan fingerprint density at radius 2 is 2.26 bits per heavy atom. The van der Waals surface area contributed by atoms with Crippen LogP contribution >= 0.6 is 11.6 Å². The van der Waals surface area contributed by atoms with Gasteiger partial charge in [0, 0.05) is 17.8 Å². The van der Waals surface area contributed by atoms with Gasteiger partial charge in [0.1, 0.15) is 11.5 Å². The lowest BCUT2D eigenvalue weighted by Gasteiger charge is -2.07. The van der Waals surface area contributed by atoms with E-state index in [1.54, 1.807) is 13.0 Å². The van der Waals surface area contributed by atoms with Gasteiger partial charge in [0.25, 0.3) is 0 Å². The summed E-state index contributed by atoms with van der Waals surface area (Å²) >= 11 is 5.89. The van der Waals surface area contributed by atoms with E-state index < -0.39 is 11.8 Å². The summed E-state index contributed by atoms with van der Waals surface area (Å²) in [7, 11) is 0. The van der Waals surface area contributed by atoms with E-state index in [0.29, 0.717) is 16.3 Å². The van der Waals surface area contributed by atoms with Crippen LogP contribution in [0.1, 0.15) is 11.3 Å². The summed E-state index contributed by atoms with van der Waals surface area (Å²) < 4.78 is 15.2. The molecule has 1 heterocycles. The third-order valence-electron chi connectivity index (χ3n) is 2.49. The zero-order valence-electron chi connectivity index (χ0n) is 9.97. The van der Waals surface area contributed by atoms with Crippen LogP contribution in [0, 0.1) is 12.7 Å². The molecule has 0 atom stereocenters. The zero-order chi connectivity index (χ0) is 14.0. The third-order valence-corrected chi connectivity index (χ3v) is 2.86. The lowest BCUT2D eigenvalue weighted by molar-refractivity contribution is -0.131. The number of aryl methyl sites for hydroxylation is 1. The Hall–Kier alpha value is -2.14. The number of nitrogens with zero attached hydrogens (tertiary/aromatic N) is 2. The van der Waals surface area contributed by atoms with Gasteiger partial charge < -0.3 is 5.11 Å². The Labute approximate surface area is 113 Å². The van der Waals surface area contributed by atoms with E-state index in [-0.39, 0.29) is 5.69 Å². The number of para-hydroxylation sites is 1. The lowest BCUT2D eigenvalue weighted by Crippen LogP contribution is -2.01. The second kappa shape index (κ2) is 5.24. The number of aliphatic carboxylic acids is 1. The van der Waals surface area contributed by atoms with Crippen molar-refractivity contribution < 1.29 is 14.3 Å². The fourth-order valence-corrected chi connectivity index (χ4v) is 1.75. The van der Waals surface area contributed by atoms with Crippen LogP contribution in [0.15, 0.2) is 30.5 Å². The number of hydrogen-bond acceptors (Lipinski definition) is 2. The highest BCUT2D eigenvalue weighted by atomic mass is 35.5. The van der Waals surface area contributed by atoms with E-state index in [4.69, 9.17) is 16.7 Å². The fraction of sp³-hybridized carbons (Fsp3) is 0.0769. The van der Waals surface area contributed by atoms with Crippen LogP contribution < -0.4 is 0 Å². The van der Waals surface area contributed by atoms with Gasteiger partial charge in [-0.3, -0.25) is 0 Å².